The number of nitriles is 2. The van der Waals surface area contributed by atoms with Crippen molar-refractivity contribution in [1.82, 2.24) is 14.8 Å². The molecule has 1 aromatic rings. The molecule has 0 amide bonds. The maximum absolute atomic E-state index is 9.13. The molecule has 5 nitrogen and oxygen atoms in total. The van der Waals surface area contributed by atoms with Crippen LogP contribution in [0.15, 0.2) is 24.4 Å². The van der Waals surface area contributed by atoms with E-state index in [2.05, 4.69) is 33.0 Å². The molecule has 1 saturated heterocycles. The average molecular weight is 283 g/mol. The topological polar surface area (TPSA) is 67.0 Å². The van der Waals surface area contributed by atoms with Gasteiger partial charge in [-0.3, -0.25) is 14.8 Å². The fourth-order valence-corrected chi connectivity index (χ4v) is 2.60. The molecule has 21 heavy (non-hydrogen) atoms. The molecule has 0 N–H and O–H groups in total. The fourth-order valence-electron chi connectivity index (χ4n) is 2.60. The van der Waals surface area contributed by atoms with Crippen LogP contribution < -0.4 is 0 Å². The lowest BCUT2D eigenvalue weighted by atomic mass is 10.0. The van der Waals surface area contributed by atoms with Crippen molar-refractivity contribution in [2.75, 3.05) is 32.7 Å². The highest BCUT2D eigenvalue weighted by molar-refractivity contribution is 5.03. The van der Waals surface area contributed by atoms with Gasteiger partial charge in [0.2, 0.25) is 0 Å². The van der Waals surface area contributed by atoms with E-state index in [0.717, 1.165) is 45.0 Å². The number of pyridine rings is 1. The van der Waals surface area contributed by atoms with E-state index in [0.29, 0.717) is 12.8 Å². The predicted octanol–water partition coefficient (Wildman–Crippen LogP) is 1.64. The van der Waals surface area contributed by atoms with E-state index in [1.165, 1.54) is 0 Å². The van der Waals surface area contributed by atoms with Crippen molar-refractivity contribution in [1.29, 1.82) is 10.5 Å². The molecule has 1 atom stereocenters. The van der Waals surface area contributed by atoms with Gasteiger partial charge >= 0.3 is 0 Å². The number of piperazine rings is 1. The number of aromatic nitrogens is 1. The first-order valence-corrected chi connectivity index (χ1v) is 7.43. The molecule has 0 aliphatic carbocycles. The Morgan fingerprint density at radius 2 is 1.90 bits per heavy atom. The Morgan fingerprint density at radius 1 is 1.14 bits per heavy atom. The molecule has 5 heteroatoms. The van der Waals surface area contributed by atoms with Gasteiger partial charge in [-0.1, -0.05) is 6.07 Å². The summed E-state index contributed by atoms with van der Waals surface area (Å²) in [7, 11) is 0. The van der Waals surface area contributed by atoms with Crippen molar-refractivity contribution in [2.24, 2.45) is 5.92 Å². The standard InChI is InChI=1S/C16H21N5/c17-6-3-4-15(12-18)13-20-8-10-21(11-9-20)14-16-5-1-2-7-19-16/h1-2,5,7,15H,3-4,8-11,13-14H2. The Balaban J connectivity index is 1.73. The number of nitrogens with zero attached hydrogens (tertiary/aromatic N) is 5. The third-order valence-corrected chi connectivity index (χ3v) is 3.84. The average Bonchev–Trinajstić information content (AvgIpc) is 2.54. The summed E-state index contributed by atoms with van der Waals surface area (Å²) < 4.78 is 0. The van der Waals surface area contributed by atoms with Crippen LogP contribution in [0.25, 0.3) is 0 Å². The van der Waals surface area contributed by atoms with Gasteiger partial charge in [0.1, 0.15) is 0 Å². The molecular formula is C16H21N5. The first-order valence-electron chi connectivity index (χ1n) is 7.43. The summed E-state index contributed by atoms with van der Waals surface area (Å²) in [6.07, 6.45) is 2.98. The van der Waals surface area contributed by atoms with Gasteiger partial charge in [-0.25, -0.2) is 0 Å². The fraction of sp³-hybridized carbons (Fsp3) is 0.562. The lowest BCUT2D eigenvalue weighted by Gasteiger charge is -2.35. The number of rotatable bonds is 6. The van der Waals surface area contributed by atoms with Crippen molar-refractivity contribution >= 4 is 0 Å². The smallest absolute Gasteiger partial charge is 0.0669 e. The van der Waals surface area contributed by atoms with E-state index >= 15 is 0 Å². The summed E-state index contributed by atoms with van der Waals surface area (Å²) >= 11 is 0. The maximum atomic E-state index is 9.13. The zero-order chi connectivity index (χ0) is 14.9. The van der Waals surface area contributed by atoms with E-state index in [-0.39, 0.29) is 5.92 Å². The van der Waals surface area contributed by atoms with Crippen molar-refractivity contribution < 1.29 is 0 Å². The normalized spacial score (nSPS) is 17.8. The summed E-state index contributed by atoms with van der Waals surface area (Å²) in [5.41, 5.74) is 1.11. The van der Waals surface area contributed by atoms with Crippen LogP contribution in [0.1, 0.15) is 18.5 Å². The van der Waals surface area contributed by atoms with E-state index in [1.54, 1.807) is 0 Å². The molecule has 0 spiro atoms. The third kappa shape index (κ3) is 5.15. The second-order valence-corrected chi connectivity index (χ2v) is 5.42. The lowest BCUT2D eigenvalue weighted by Crippen LogP contribution is -2.47. The molecular weight excluding hydrogens is 262 g/mol. The Hall–Kier alpha value is -1.95. The van der Waals surface area contributed by atoms with Crippen LogP contribution in [0.5, 0.6) is 0 Å². The van der Waals surface area contributed by atoms with Crippen LogP contribution in [0.2, 0.25) is 0 Å². The largest absolute Gasteiger partial charge is 0.299 e. The van der Waals surface area contributed by atoms with Gasteiger partial charge in [0.25, 0.3) is 0 Å². The Labute approximate surface area is 126 Å². The molecule has 2 heterocycles. The minimum Gasteiger partial charge on any atom is -0.299 e. The number of hydrogen-bond acceptors (Lipinski definition) is 5. The Bertz CT molecular complexity index is 494. The highest BCUT2D eigenvalue weighted by atomic mass is 15.3. The predicted molar refractivity (Wildman–Crippen MR) is 79.9 cm³/mol. The summed E-state index contributed by atoms with van der Waals surface area (Å²) in [6, 6.07) is 10.4. The quantitative estimate of drug-likeness (QED) is 0.794. The lowest BCUT2D eigenvalue weighted by molar-refractivity contribution is 0.117. The summed E-state index contributed by atoms with van der Waals surface area (Å²) in [5, 5.41) is 17.7. The minimum atomic E-state index is -0.0213. The molecule has 0 saturated carbocycles. The minimum absolute atomic E-state index is 0.0213. The van der Waals surface area contributed by atoms with Gasteiger partial charge in [0.15, 0.2) is 0 Å². The molecule has 2 rings (SSSR count). The molecule has 1 aliphatic heterocycles. The van der Waals surface area contributed by atoms with Crippen molar-refractivity contribution in [3.05, 3.63) is 30.1 Å². The number of hydrogen-bond donors (Lipinski definition) is 0. The molecule has 0 bridgehead atoms. The molecule has 1 aliphatic rings. The zero-order valence-corrected chi connectivity index (χ0v) is 12.3. The van der Waals surface area contributed by atoms with E-state index in [1.807, 2.05) is 18.3 Å². The Morgan fingerprint density at radius 3 is 2.52 bits per heavy atom. The first kappa shape index (κ1) is 15.4. The van der Waals surface area contributed by atoms with Gasteiger partial charge < -0.3 is 0 Å². The summed E-state index contributed by atoms with van der Waals surface area (Å²) in [6.45, 7) is 5.66. The monoisotopic (exact) mass is 283 g/mol. The van der Waals surface area contributed by atoms with Gasteiger partial charge in [-0.15, -0.1) is 0 Å². The second kappa shape index (κ2) is 8.36. The molecule has 0 radical (unpaired) electrons. The second-order valence-electron chi connectivity index (χ2n) is 5.42. The molecule has 0 aromatic carbocycles. The van der Waals surface area contributed by atoms with Gasteiger partial charge in [0, 0.05) is 51.9 Å². The van der Waals surface area contributed by atoms with E-state index < -0.39 is 0 Å². The van der Waals surface area contributed by atoms with Crippen LogP contribution >= 0.6 is 0 Å². The van der Waals surface area contributed by atoms with Crippen molar-refractivity contribution in [3.63, 3.8) is 0 Å². The van der Waals surface area contributed by atoms with Crippen LogP contribution in [0.4, 0.5) is 0 Å². The first-order chi connectivity index (χ1) is 10.3. The third-order valence-electron chi connectivity index (χ3n) is 3.84. The van der Waals surface area contributed by atoms with Gasteiger partial charge in [-0.05, 0) is 18.6 Å². The molecule has 110 valence electrons. The van der Waals surface area contributed by atoms with Crippen LogP contribution in [-0.4, -0.2) is 47.5 Å². The highest BCUT2D eigenvalue weighted by Crippen LogP contribution is 2.11. The summed E-state index contributed by atoms with van der Waals surface area (Å²) in [4.78, 5) is 9.09. The Kier molecular flexibility index (Phi) is 6.15. The van der Waals surface area contributed by atoms with Crippen LogP contribution in [0.3, 0.4) is 0 Å². The molecule has 1 fully saturated rings. The van der Waals surface area contributed by atoms with Crippen molar-refractivity contribution in [2.45, 2.75) is 19.4 Å². The highest BCUT2D eigenvalue weighted by Gasteiger charge is 2.20. The van der Waals surface area contributed by atoms with Crippen molar-refractivity contribution in [3.8, 4) is 12.1 Å². The van der Waals surface area contributed by atoms with Gasteiger partial charge in [0.05, 0.1) is 23.8 Å². The van der Waals surface area contributed by atoms with E-state index in [9.17, 15) is 0 Å². The van der Waals surface area contributed by atoms with Crippen LogP contribution in [0, 0.1) is 28.6 Å². The summed E-state index contributed by atoms with van der Waals surface area (Å²) in [5.74, 6) is -0.0213. The van der Waals surface area contributed by atoms with Crippen LogP contribution in [-0.2, 0) is 6.54 Å². The maximum Gasteiger partial charge on any atom is 0.0669 e. The molecule has 1 aromatic heterocycles. The SMILES string of the molecule is N#CCCC(C#N)CN1CCN(Cc2ccccn2)CC1. The molecule has 1 unspecified atom stereocenters. The van der Waals surface area contributed by atoms with Gasteiger partial charge in [-0.2, -0.15) is 10.5 Å². The van der Waals surface area contributed by atoms with E-state index in [4.69, 9.17) is 10.5 Å². The zero-order valence-electron chi connectivity index (χ0n) is 12.3.